The third-order valence-corrected chi connectivity index (χ3v) is 2.49. The van der Waals surface area contributed by atoms with Gasteiger partial charge < -0.3 is 5.11 Å². The van der Waals surface area contributed by atoms with Gasteiger partial charge >= 0.3 is 0 Å². The van der Waals surface area contributed by atoms with Gasteiger partial charge in [0.05, 0.1) is 10.6 Å². The zero-order valence-corrected chi connectivity index (χ0v) is 8.38. The molecule has 0 fully saturated rings. The first-order valence-corrected chi connectivity index (χ1v) is 4.51. The molecule has 0 aromatic heterocycles. The van der Waals surface area contributed by atoms with Crippen LogP contribution in [0.15, 0.2) is 22.7 Å². The maximum absolute atomic E-state index is 13.0. The Morgan fingerprint density at radius 1 is 1.62 bits per heavy atom. The van der Waals surface area contributed by atoms with E-state index in [2.05, 4.69) is 21.9 Å². The summed E-state index contributed by atoms with van der Waals surface area (Å²) >= 11 is 3.05. The van der Waals surface area contributed by atoms with Gasteiger partial charge in [0.2, 0.25) is 0 Å². The first-order valence-electron chi connectivity index (χ1n) is 3.72. The second-order valence-electron chi connectivity index (χ2n) is 2.57. The van der Waals surface area contributed by atoms with Crippen molar-refractivity contribution < 1.29 is 9.50 Å². The molecular weight excluding hydrogens is 235 g/mol. The van der Waals surface area contributed by atoms with Gasteiger partial charge in [-0.05, 0) is 27.6 Å². The highest BCUT2D eigenvalue weighted by atomic mass is 79.9. The molecule has 0 saturated heterocycles. The predicted molar refractivity (Wildman–Crippen MR) is 52.5 cm³/mol. The molecule has 1 nitrogen and oxygen atoms in total. The number of hydrogen-bond acceptors (Lipinski definition) is 1. The standard InChI is InChI=1S/C10H8BrFO/c1-2-4-9(13)7-5-3-6-8(12)10(7)11/h1,3,5-6,9,13H,4H2. The third-order valence-electron chi connectivity index (χ3n) is 1.65. The Labute approximate surface area is 84.7 Å². The monoisotopic (exact) mass is 242 g/mol. The van der Waals surface area contributed by atoms with E-state index in [0.717, 1.165) is 0 Å². The summed E-state index contributed by atoms with van der Waals surface area (Å²) in [5.41, 5.74) is 0.484. The molecule has 1 atom stereocenters. The molecule has 1 N–H and O–H groups in total. The van der Waals surface area contributed by atoms with Crippen LogP contribution in [0.2, 0.25) is 0 Å². The fourth-order valence-corrected chi connectivity index (χ4v) is 1.53. The van der Waals surface area contributed by atoms with Crippen molar-refractivity contribution in [2.45, 2.75) is 12.5 Å². The molecule has 1 aromatic rings. The number of rotatable bonds is 2. The Hall–Kier alpha value is -0.850. The van der Waals surface area contributed by atoms with E-state index in [-0.39, 0.29) is 10.9 Å². The van der Waals surface area contributed by atoms with Crippen LogP contribution in [0, 0.1) is 18.2 Å². The Kier molecular flexibility index (Phi) is 3.47. The van der Waals surface area contributed by atoms with Crippen LogP contribution < -0.4 is 0 Å². The van der Waals surface area contributed by atoms with Gasteiger partial charge in [0.1, 0.15) is 5.82 Å². The summed E-state index contributed by atoms with van der Waals surface area (Å²) in [4.78, 5) is 0. The summed E-state index contributed by atoms with van der Waals surface area (Å²) in [6, 6.07) is 4.49. The molecule has 0 spiro atoms. The third kappa shape index (κ3) is 2.30. The van der Waals surface area contributed by atoms with Crippen LogP contribution in [0.1, 0.15) is 18.1 Å². The predicted octanol–water partition coefficient (Wildman–Crippen LogP) is 2.64. The molecule has 0 amide bonds. The molecule has 68 valence electrons. The van der Waals surface area contributed by atoms with Gasteiger partial charge in [0.25, 0.3) is 0 Å². The van der Waals surface area contributed by atoms with E-state index in [9.17, 15) is 9.50 Å². The SMILES string of the molecule is C#CCC(O)c1cccc(F)c1Br. The van der Waals surface area contributed by atoms with Crippen LogP contribution in [0.3, 0.4) is 0 Å². The first-order chi connectivity index (χ1) is 6.16. The molecule has 0 aliphatic carbocycles. The summed E-state index contributed by atoms with van der Waals surface area (Å²) in [5, 5.41) is 9.49. The Balaban J connectivity index is 3.02. The van der Waals surface area contributed by atoms with E-state index >= 15 is 0 Å². The minimum atomic E-state index is -0.810. The van der Waals surface area contributed by atoms with Crippen molar-refractivity contribution in [2.24, 2.45) is 0 Å². The van der Waals surface area contributed by atoms with Gasteiger partial charge in [-0.25, -0.2) is 4.39 Å². The van der Waals surface area contributed by atoms with Crippen molar-refractivity contribution in [2.75, 3.05) is 0 Å². The zero-order valence-electron chi connectivity index (χ0n) is 6.80. The largest absolute Gasteiger partial charge is 0.387 e. The minimum absolute atomic E-state index is 0.183. The lowest BCUT2D eigenvalue weighted by atomic mass is 10.1. The Bertz CT molecular complexity index is 343. The lowest BCUT2D eigenvalue weighted by Gasteiger charge is -2.09. The minimum Gasteiger partial charge on any atom is -0.387 e. The number of aliphatic hydroxyl groups excluding tert-OH is 1. The van der Waals surface area contributed by atoms with Gasteiger partial charge in [0, 0.05) is 6.42 Å². The highest BCUT2D eigenvalue weighted by Gasteiger charge is 2.12. The molecule has 0 heterocycles. The van der Waals surface area contributed by atoms with Gasteiger partial charge in [0.15, 0.2) is 0 Å². The molecule has 0 radical (unpaired) electrons. The molecule has 1 aromatic carbocycles. The summed E-state index contributed by atoms with van der Waals surface area (Å²) in [5.74, 6) is 1.92. The van der Waals surface area contributed by atoms with E-state index < -0.39 is 11.9 Å². The second kappa shape index (κ2) is 4.40. The molecule has 0 aliphatic heterocycles. The highest BCUT2D eigenvalue weighted by molar-refractivity contribution is 9.10. The number of halogens is 2. The summed E-state index contributed by atoms with van der Waals surface area (Å²) < 4.78 is 13.2. The first kappa shape index (κ1) is 10.2. The number of terminal acetylenes is 1. The lowest BCUT2D eigenvalue weighted by molar-refractivity contribution is 0.182. The maximum atomic E-state index is 13.0. The quantitative estimate of drug-likeness (QED) is 0.791. The molecule has 0 saturated carbocycles. The maximum Gasteiger partial charge on any atom is 0.137 e. The van der Waals surface area contributed by atoms with Crippen molar-refractivity contribution in [1.29, 1.82) is 0 Å². The average Bonchev–Trinajstić information content (AvgIpc) is 2.10. The van der Waals surface area contributed by atoms with Gasteiger partial charge in [-0.2, -0.15) is 0 Å². The molecule has 0 bridgehead atoms. The van der Waals surface area contributed by atoms with Crippen molar-refractivity contribution in [3.63, 3.8) is 0 Å². The van der Waals surface area contributed by atoms with E-state index in [1.807, 2.05) is 0 Å². The number of hydrogen-bond donors (Lipinski definition) is 1. The normalized spacial score (nSPS) is 12.2. The van der Waals surface area contributed by atoms with Crippen LogP contribution >= 0.6 is 15.9 Å². The van der Waals surface area contributed by atoms with Crippen molar-refractivity contribution >= 4 is 15.9 Å². The van der Waals surface area contributed by atoms with Gasteiger partial charge in [-0.1, -0.05) is 12.1 Å². The average molecular weight is 243 g/mol. The van der Waals surface area contributed by atoms with E-state index in [4.69, 9.17) is 6.42 Å². The fourth-order valence-electron chi connectivity index (χ4n) is 0.999. The van der Waals surface area contributed by atoms with Crippen LogP contribution in [-0.4, -0.2) is 5.11 Å². The summed E-state index contributed by atoms with van der Waals surface area (Å²) in [6.07, 6.45) is 4.41. The van der Waals surface area contributed by atoms with Crippen LogP contribution in [0.25, 0.3) is 0 Å². The van der Waals surface area contributed by atoms with E-state index in [0.29, 0.717) is 5.56 Å². The summed E-state index contributed by atoms with van der Waals surface area (Å²) in [6.45, 7) is 0. The Morgan fingerprint density at radius 2 is 2.31 bits per heavy atom. The molecule has 13 heavy (non-hydrogen) atoms. The van der Waals surface area contributed by atoms with Gasteiger partial charge in [-0.3, -0.25) is 0 Å². The molecule has 1 unspecified atom stereocenters. The number of benzene rings is 1. The topological polar surface area (TPSA) is 20.2 Å². The molecule has 3 heteroatoms. The highest BCUT2D eigenvalue weighted by Crippen LogP contribution is 2.27. The van der Waals surface area contributed by atoms with Crippen LogP contribution in [0.5, 0.6) is 0 Å². The molecule has 1 rings (SSSR count). The zero-order chi connectivity index (χ0) is 9.84. The van der Waals surface area contributed by atoms with E-state index in [1.165, 1.54) is 12.1 Å². The summed E-state index contributed by atoms with van der Waals surface area (Å²) in [7, 11) is 0. The van der Waals surface area contributed by atoms with Crippen molar-refractivity contribution in [1.82, 2.24) is 0 Å². The van der Waals surface area contributed by atoms with E-state index in [1.54, 1.807) is 6.07 Å². The van der Waals surface area contributed by atoms with Crippen LogP contribution in [-0.2, 0) is 0 Å². The van der Waals surface area contributed by atoms with Crippen LogP contribution in [0.4, 0.5) is 4.39 Å². The molecular formula is C10H8BrFO. The second-order valence-corrected chi connectivity index (χ2v) is 3.36. The van der Waals surface area contributed by atoms with Gasteiger partial charge in [-0.15, -0.1) is 12.3 Å². The lowest BCUT2D eigenvalue weighted by Crippen LogP contribution is -1.98. The molecule has 0 aliphatic rings. The Morgan fingerprint density at radius 3 is 2.92 bits per heavy atom. The van der Waals surface area contributed by atoms with Crippen molar-refractivity contribution in [3.8, 4) is 12.3 Å². The van der Waals surface area contributed by atoms with Crippen molar-refractivity contribution in [3.05, 3.63) is 34.1 Å². The fraction of sp³-hybridized carbons (Fsp3) is 0.200. The smallest absolute Gasteiger partial charge is 0.137 e. The number of aliphatic hydroxyl groups is 1.